The minimum atomic E-state index is -0.0374. The molecule has 2 fully saturated rings. The summed E-state index contributed by atoms with van der Waals surface area (Å²) >= 11 is 0. The first kappa shape index (κ1) is 24.1. The van der Waals surface area contributed by atoms with Crippen LogP contribution in [0.5, 0.6) is 0 Å². The first-order valence-electron chi connectivity index (χ1n) is 12.0. The van der Waals surface area contributed by atoms with Crippen molar-refractivity contribution in [1.82, 2.24) is 9.80 Å². The minimum absolute atomic E-state index is 0.0239. The predicted octanol–water partition coefficient (Wildman–Crippen LogP) is 3.60. The van der Waals surface area contributed by atoms with E-state index in [1.807, 2.05) is 41.8 Å². The third-order valence-electron chi connectivity index (χ3n) is 6.05. The molecule has 0 unspecified atom stereocenters. The van der Waals surface area contributed by atoms with Crippen molar-refractivity contribution in [3.63, 3.8) is 0 Å². The number of rotatable bonds is 7. The van der Waals surface area contributed by atoms with E-state index in [2.05, 4.69) is 24.1 Å². The van der Waals surface area contributed by atoms with Crippen molar-refractivity contribution >= 4 is 29.1 Å². The molecular weight excluding hydrogens is 404 g/mol. The number of nitrogens with one attached hydrogen (secondary N) is 1. The summed E-state index contributed by atoms with van der Waals surface area (Å²) in [7, 11) is 0. The number of carbonyl (C=O) groups excluding carboxylic acids is 3. The van der Waals surface area contributed by atoms with Gasteiger partial charge < -0.3 is 20.0 Å². The van der Waals surface area contributed by atoms with Crippen LogP contribution in [0.4, 0.5) is 11.4 Å². The van der Waals surface area contributed by atoms with E-state index in [1.165, 1.54) is 0 Å². The van der Waals surface area contributed by atoms with E-state index in [0.717, 1.165) is 31.6 Å². The van der Waals surface area contributed by atoms with Crippen molar-refractivity contribution in [3.8, 4) is 0 Å². The number of likely N-dealkylation sites (tertiary alicyclic amines) is 1. The summed E-state index contributed by atoms with van der Waals surface area (Å²) in [5.74, 6) is 0.815. The molecule has 2 aliphatic heterocycles. The summed E-state index contributed by atoms with van der Waals surface area (Å²) in [5, 5.41) is 2.95. The quantitative estimate of drug-likeness (QED) is 0.700. The lowest BCUT2D eigenvalue weighted by atomic mass is 10.1. The molecule has 0 aromatic heterocycles. The molecule has 7 nitrogen and oxygen atoms in total. The summed E-state index contributed by atoms with van der Waals surface area (Å²) in [6, 6.07) is 5.65. The van der Waals surface area contributed by atoms with Gasteiger partial charge in [0.25, 0.3) is 5.91 Å². The number of carbonyl (C=O) groups is 3. The molecule has 7 heteroatoms. The highest BCUT2D eigenvalue weighted by Crippen LogP contribution is 2.28. The number of anilines is 2. The Kier molecular flexibility index (Phi) is 8.15. The smallest absolute Gasteiger partial charge is 0.256 e. The van der Waals surface area contributed by atoms with Crippen LogP contribution in [0.1, 0.15) is 63.7 Å². The van der Waals surface area contributed by atoms with Gasteiger partial charge in [0.1, 0.15) is 0 Å². The van der Waals surface area contributed by atoms with Crippen molar-refractivity contribution in [2.24, 2.45) is 11.8 Å². The summed E-state index contributed by atoms with van der Waals surface area (Å²) in [6.07, 6.45) is 3.08. The molecule has 2 aliphatic rings. The van der Waals surface area contributed by atoms with Crippen LogP contribution in [0.3, 0.4) is 0 Å². The molecule has 3 amide bonds. The topological polar surface area (TPSA) is 73.0 Å². The van der Waals surface area contributed by atoms with E-state index in [0.29, 0.717) is 56.2 Å². The van der Waals surface area contributed by atoms with E-state index < -0.39 is 0 Å². The number of nitrogens with zero attached hydrogens (tertiary/aromatic N) is 3. The van der Waals surface area contributed by atoms with Crippen LogP contribution in [0, 0.1) is 11.8 Å². The van der Waals surface area contributed by atoms with Crippen LogP contribution >= 0.6 is 0 Å². The zero-order valence-electron chi connectivity index (χ0n) is 20.0. The largest absolute Gasteiger partial charge is 0.367 e. The zero-order chi connectivity index (χ0) is 23.3. The number of hydrogen-bond donors (Lipinski definition) is 1. The Morgan fingerprint density at radius 1 is 0.844 bits per heavy atom. The standard InChI is InChI=1S/C25H38N4O3/c1-18(2)15-23(30)26-20-7-8-22(21(17-20)25(32)29-9-5-6-10-29)27-11-13-28(14-12-27)24(31)16-19(3)4/h7-8,17-19H,5-6,9-16H2,1-4H3,(H,26,30). The molecule has 2 heterocycles. The van der Waals surface area contributed by atoms with Gasteiger partial charge in [0.05, 0.1) is 5.56 Å². The molecule has 1 aromatic carbocycles. The summed E-state index contributed by atoms with van der Waals surface area (Å²) in [6.45, 7) is 12.4. The molecule has 0 saturated carbocycles. The maximum Gasteiger partial charge on any atom is 0.256 e. The van der Waals surface area contributed by atoms with Gasteiger partial charge in [-0.25, -0.2) is 0 Å². The highest BCUT2D eigenvalue weighted by Gasteiger charge is 2.27. The third kappa shape index (κ3) is 6.24. The van der Waals surface area contributed by atoms with Crippen LogP contribution in [0.25, 0.3) is 0 Å². The van der Waals surface area contributed by atoms with Gasteiger partial charge in [0.2, 0.25) is 11.8 Å². The van der Waals surface area contributed by atoms with Crippen molar-refractivity contribution in [1.29, 1.82) is 0 Å². The van der Waals surface area contributed by atoms with Crippen LogP contribution in [0.15, 0.2) is 18.2 Å². The molecular formula is C25H38N4O3. The number of hydrogen-bond acceptors (Lipinski definition) is 4. The van der Waals surface area contributed by atoms with Gasteiger partial charge in [0.15, 0.2) is 0 Å². The van der Waals surface area contributed by atoms with Crippen LogP contribution in [0.2, 0.25) is 0 Å². The second-order valence-corrected chi connectivity index (χ2v) is 9.84. The zero-order valence-corrected chi connectivity index (χ0v) is 20.0. The lowest BCUT2D eigenvalue weighted by molar-refractivity contribution is -0.132. The average Bonchev–Trinajstić information content (AvgIpc) is 3.27. The molecule has 0 aliphatic carbocycles. The fraction of sp³-hybridized carbons (Fsp3) is 0.640. The molecule has 32 heavy (non-hydrogen) atoms. The molecule has 1 aromatic rings. The van der Waals surface area contributed by atoms with Crippen LogP contribution < -0.4 is 10.2 Å². The lowest BCUT2D eigenvalue weighted by Crippen LogP contribution is -2.49. The Labute approximate surface area is 192 Å². The number of amides is 3. The Bertz CT molecular complexity index is 822. The first-order valence-corrected chi connectivity index (χ1v) is 12.0. The fourth-order valence-electron chi connectivity index (χ4n) is 4.41. The van der Waals surface area contributed by atoms with Gasteiger partial charge >= 0.3 is 0 Å². The Hall–Kier alpha value is -2.57. The molecule has 0 atom stereocenters. The minimum Gasteiger partial charge on any atom is -0.367 e. The van der Waals surface area contributed by atoms with Crippen molar-refractivity contribution in [2.45, 2.75) is 53.4 Å². The monoisotopic (exact) mass is 442 g/mol. The second-order valence-electron chi connectivity index (χ2n) is 9.84. The van der Waals surface area contributed by atoms with Crippen molar-refractivity contribution in [2.75, 3.05) is 49.5 Å². The van der Waals surface area contributed by atoms with E-state index >= 15 is 0 Å². The van der Waals surface area contributed by atoms with E-state index in [9.17, 15) is 14.4 Å². The molecule has 0 spiro atoms. The van der Waals surface area contributed by atoms with Gasteiger partial charge in [-0.1, -0.05) is 27.7 Å². The molecule has 176 valence electrons. The Morgan fingerprint density at radius 2 is 1.47 bits per heavy atom. The number of piperazine rings is 1. The van der Waals surface area contributed by atoms with E-state index in [-0.39, 0.29) is 23.6 Å². The molecule has 0 radical (unpaired) electrons. The van der Waals surface area contributed by atoms with Crippen molar-refractivity contribution < 1.29 is 14.4 Å². The van der Waals surface area contributed by atoms with Crippen molar-refractivity contribution in [3.05, 3.63) is 23.8 Å². The first-order chi connectivity index (χ1) is 15.2. The Morgan fingerprint density at radius 3 is 2.06 bits per heavy atom. The molecule has 0 bridgehead atoms. The van der Waals surface area contributed by atoms with E-state index in [1.54, 1.807) is 0 Å². The molecule has 1 N–H and O–H groups in total. The molecule has 3 rings (SSSR count). The van der Waals surface area contributed by atoms with Gasteiger partial charge in [0, 0.05) is 63.5 Å². The highest BCUT2D eigenvalue weighted by atomic mass is 16.2. The normalized spacial score (nSPS) is 16.8. The maximum absolute atomic E-state index is 13.3. The van der Waals surface area contributed by atoms with Gasteiger partial charge in [-0.3, -0.25) is 14.4 Å². The third-order valence-corrected chi connectivity index (χ3v) is 6.05. The Balaban J connectivity index is 1.77. The summed E-state index contributed by atoms with van der Waals surface area (Å²) in [4.78, 5) is 44.1. The summed E-state index contributed by atoms with van der Waals surface area (Å²) in [5.41, 5.74) is 2.18. The lowest BCUT2D eigenvalue weighted by Gasteiger charge is -2.37. The van der Waals surface area contributed by atoms with Crippen LogP contribution in [-0.2, 0) is 9.59 Å². The fourth-order valence-corrected chi connectivity index (χ4v) is 4.41. The summed E-state index contributed by atoms with van der Waals surface area (Å²) < 4.78 is 0. The predicted molar refractivity (Wildman–Crippen MR) is 128 cm³/mol. The molecule has 2 saturated heterocycles. The van der Waals surface area contributed by atoms with Gasteiger partial charge in [-0.05, 0) is 42.9 Å². The maximum atomic E-state index is 13.3. The highest BCUT2D eigenvalue weighted by molar-refractivity contribution is 6.02. The average molecular weight is 443 g/mol. The van der Waals surface area contributed by atoms with Gasteiger partial charge in [-0.2, -0.15) is 0 Å². The SMILES string of the molecule is CC(C)CC(=O)Nc1ccc(N2CCN(C(=O)CC(C)C)CC2)c(C(=O)N2CCCC2)c1. The second kappa shape index (κ2) is 10.8. The van der Waals surface area contributed by atoms with E-state index in [4.69, 9.17) is 0 Å². The van der Waals surface area contributed by atoms with Gasteiger partial charge in [-0.15, -0.1) is 0 Å². The van der Waals surface area contributed by atoms with Crippen LogP contribution in [-0.4, -0.2) is 66.8 Å². The number of benzene rings is 1.